The van der Waals surface area contributed by atoms with Crippen LogP contribution in [0.2, 0.25) is 0 Å². The maximum Gasteiger partial charge on any atom is 0.135 e. The lowest BCUT2D eigenvalue weighted by Gasteiger charge is -2.35. The molecule has 2 aliphatic carbocycles. The largest absolute Gasteiger partial charge is 0.456 e. The summed E-state index contributed by atoms with van der Waals surface area (Å²) < 4.78 is 165. The van der Waals surface area contributed by atoms with Crippen LogP contribution in [0.5, 0.6) is 0 Å². The Kier molecular flexibility index (Phi) is 3.90. The third kappa shape index (κ3) is 4.22. The van der Waals surface area contributed by atoms with Crippen LogP contribution in [0, 0.1) is 0 Å². The maximum atomic E-state index is 10.7. The van der Waals surface area contributed by atoms with Gasteiger partial charge >= 0.3 is 0 Å². The molecule has 11 rings (SSSR count). The van der Waals surface area contributed by atoms with Gasteiger partial charge in [-0.15, -0.1) is 0 Å². The van der Waals surface area contributed by atoms with Crippen molar-refractivity contribution in [1.29, 1.82) is 0 Å². The second-order valence-corrected chi connectivity index (χ2v) is 14.0. The predicted molar refractivity (Wildman–Crippen MR) is 223 cm³/mol. The average Bonchev–Trinajstić information content (AvgIpc) is 3.97. The molecule has 0 saturated carbocycles. The van der Waals surface area contributed by atoms with Crippen molar-refractivity contribution in [3.05, 3.63) is 221 Å². The fraction of sp³-hybridized carbons (Fsp3) is 0.0769. The summed E-state index contributed by atoms with van der Waals surface area (Å²) in [4.78, 5) is 1.57. The standard InChI is InChI=1S/C52H37NO/c1-51(2)45-22-12-9-19-39(45)41-28-25-37(32-47(41)51)53(36-27-30-50-44(31-36)43-21-11-14-24-49(43)54-50)38-26-29-42-40-20-10-13-23-46(40)52(48(42)33-38,34-15-5-3-6-16-34)35-17-7-4-8-18-35/h3-33H,1-2H3/i3D,4D,5D,6D,7D,8D,10D,13D,15D,16D,17D,18D,20D,23D,26D,29D,33D. The van der Waals surface area contributed by atoms with Gasteiger partial charge in [-0.2, -0.15) is 0 Å². The van der Waals surface area contributed by atoms with Crippen molar-refractivity contribution in [2.75, 3.05) is 4.90 Å². The van der Waals surface area contributed by atoms with E-state index in [0.29, 0.717) is 27.9 Å². The van der Waals surface area contributed by atoms with Gasteiger partial charge in [0.15, 0.2) is 0 Å². The molecule has 0 spiro atoms. The highest BCUT2D eigenvalue weighted by molar-refractivity contribution is 6.06. The van der Waals surface area contributed by atoms with Crippen molar-refractivity contribution in [1.82, 2.24) is 0 Å². The molecular formula is C52H37NO. The first-order valence-electron chi connectivity index (χ1n) is 26.0. The van der Waals surface area contributed by atoms with Crippen LogP contribution in [-0.4, -0.2) is 0 Å². The van der Waals surface area contributed by atoms with Gasteiger partial charge in [-0.25, -0.2) is 0 Å². The zero-order valence-electron chi connectivity index (χ0n) is 45.9. The highest BCUT2D eigenvalue weighted by Gasteiger charge is 2.46. The van der Waals surface area contributed by atoms with Crippen LogP contribution in [0.15, 0.2) is 192 Å². The van der Waals surface area contributed by atoms with Crippen molar-refractivity contribution >= 4 is 39.0 Å². The smallest absolute Gasteiger partial charge is 0.135 e. The zero-order valence-corrected chi connectivity index (χ0v) is 28.9. The van der Waals surface area contributed by atoms with Gasteiger partial charge in [-0.3, -0.25) is 0 Å². The summed E-state index contributed by atoms with van der Waals surface area (Å²) in [5, 5.41) is 1.38. The Balaban J connectivity index is 1.37. The van der Waals surface area contributed by atoms with E-state index in [1.54, 1.807) is 29.2 Å². The number of nitrogens with zero attached hydrogens (tertiary/aromatic N) is 1. The number of para-hydroxylation sites is 1. The summed E-state index contributed by atoms with van der Waals surface area (Å²) in [6.07, 6.45) is 0. The maximum absolute atomic E-state index is 10.7. The molecule has 8 aromatic carbocycles. The fourth-order valence-corrected chi connectivity index (χ4v) is 8.47. The third-order valence-corrected chi connectivity index (χ3v) is 10.9. The molecule has 0 fully saturated rings. The molecule has 0 saturated heterocycles. The van der Waals surface area contributed by atoms with Gasteiger partial charge in [-0.1, -0.05) is 153 Å². The fourth-order valence-electron chi connectivity index (χ4n) is 8.47. The summed E-state index contributed by atoms with van der Waals surface area (Å²) in [6, 6.07) is 11.4. The molecule has 1 aromatic heterocycles. The van der Waals surface area contributed by atoms with Crippen molar-refractivity contribution in [3.63, 3.8) is 0 Å². The van der Waals surface area contributed by atoms with Gasteiger partial charge in [0.2, 0.25) is 0 Å². The topological polar surface area (TPSA) is 16.4 Å². The van der Waals surface area contributed by atoms with Gasteiger partial charge in [0.05, 0.1) is 28.7 Å². The minimum absolute atomic E-state index is 0.332. The molecule has 0 aliphatic heterocycles. The lowest BCUT2D eigenvalue weighted by Crippen LogP contribution is -2.28. The molecule has 2 heteroatoms. The van der Waals surface area contributed by atoms with Crippen LogP contribution < -0.4 is 4.90 Å². The van der Waals surface area contributed by atoms with Crippen LogP contribution >= 0.6 is 0 Å². The van der Waals surface area contributed by atoms with Crippen LogP contribution in [0.1, 0.15) is 70.5 Å². The molecule has 0 radical (unpaired) electrons. The van der Waals surface area contributed by atoms with Gasteiger partial charge in [0, 0.05) is 33.2 Å². The van der Waals surface area contributed by atoms with Crippen LogP contribution in [0.3, 0.4) is 0 Å². The number of anilines is 3. The van der Waals surface area contributed by atoms with Crippen LogP contribution in [0.4, 0.5) is 17.1 Å². The molecule has 2 nitrogen and oxygen atoms in total. The number of benzene rings is 8. The lowest BCUT2D eigenvalue weighted by molar-refractivity contribution is 0.660. The second kappa shape index (κ2) is 11.4. The number of hydrogen-bond acceptors (Lipinski definition) is 2. The molecule has 9 aromatic rings. The molecule has 1 heterocycles. The Hall–Kier alpha value is -6.64. The normalized spacial score (nSPS) is 18.8. The monoisotopic (exact) mass is 708 g/mol. The van der Waals surface area contributed by atoms with E-state index in [4.69, 9.17) is 15.4 Å². The van der Waals surface area contributed by atoms with Crippen molar-refractivity contribution in [2.45, 2.75) is 24.7 Å². The Bertz CT molecular complexity index is 3790. The molecule has 2 aliphatic rings. The minimum Gasteiger partial charge on any atom is -0.456 e. The number of fused-ring (bicyclic) bond motifs is 9. The molecule has 0 unspecified atom stereocenters. The predicted octanol–water partition coefficient (Wildman–Crippen LogP) is 13.7. The van der Waals surface area contributed by atoms with Gasteiger partial charge < -0.3 is 9.32 Å². The third-order valence-electron chi connectivity index (χ3n) is 10.9. The number of furan rings is 1. The molecule has 0 N–H and O–H groups in total. The van der Waals surface area contributed by atoms with Crippen molar-refractivity contribution in [3.8, 4) is 22.3 Å². The van der Waals surface area contributed by atoms with Gasteiger partial charge in [-0.05, 0) is 104 Å². The number of rotatable bonds is 5. The van der Waals surface area contributed by atoms with E-state index in [1.165, 1.54) is 0 Å². The summed E-state index contributed by atoms with van der Waals surface area (Å²) >= 11 is 0. The summed E-state index contributed by atoms with van der Waals surface area (Å²) in [6.45, 7) is 4.14. The van der Waals surface area contributed by atoms with E-state index in [0.717, 1.165) is 27.6 Å². The van der Waals surface area contributed by atoms with E-state index in [9.17, 15) is 12.3 Å². The van der Waals surface area contributed by atoms with Gasteiger partial charge in [0.25, 0.3) is 0 Å². The van der Waals surface area contributed by atoms with E-state index in [1.807, 2.05) is 60.7 Å². The Labute approximate surface area is 339 Å². The summed E-state index contributed by atoms with van der Waals surface area (Å²) in [5.41, 5.74) is -1.91. The molecule has 0 amide bonds. The van der Waals surface area contributed by atoms with Gasteiger partial charge in [0.1, 0.15) is 11.2 Å². The van der Waals surface area contributed by atoms with Crippen LogP contribution in [0.25, 0.3) is 44.2 Å². The van der Waals surface area contributed by atoms with Crippen molar-refractivity contribution in [2.24, 2.45) is 0 Å². The first-order valence-corrected chi connectivity index (χ1v) is 17.5. The molecule has 54 heavy (non-hydrogen) atoms. The highest BCUT2D eigenvalue weighted by Crippen LogP contribution is 2.58. The zero-order chi connectivity index (χ0) is 50.8. The Morgan fingerprint density at radius 2 is 1.09 bits per heavy atom. The minimum atomic E-state index is -2.95. The first kappa shape index (κ1) is 18.4. The Morgan fingerprint density at radius 3 is 1.91 bits per heavy atom. The first-order chi connectivity index (χ1) is 33.6. The average molecular weight is 709 g/mol. The van der Waals surface area contributed by atoms with E-state index < -0.39 is 147 Å². The van der Waals surface area contributed by atoms with Crippen LogP contribution in [-0.2, 0) is 10.8 Å². The Morgan fingerprint density at radius 1 is 0.463 bits per heavy atom. The van der Waals surface area contributed by atoms with E-state index in [2.05, 4.69) is 13.8 Å². The molecule has 0 atom stereocenters. The van der Waals surface area contributed by atoms with Crippen molar-refractivity contribution < 1.29 is 27.7 Å². The molecular weight excluding hydrogens is 655 g/mol. The molecule has 0 bridgehead atoms. The highest BCUT2D eigenvalue weighted by atomic mass is 16.3. The molecule has 256 valence electrons. The SMILES string of the molecule is [2H]c1c([2H])c([2H])c(C2(c3c([2H])c([2H])c([2H])c([2H])c3[2H])c3c([2H])c([2H])c([2H])c([2H])c3-c3c([2H])c([2H])c(N(c4ccc5c(c4)C(C)(C)c4ccccc4-5)c4ccc5oc6ccccc6c5c4)c([2H])c32)c([2H])c1[2H]. The lowest BCUT2D eigenvalue weighted by atomic mass is 9.67. The van der Waals surface area contributed by atoms with E-state index >= 15 is 0 Å². The second-order valence-electron chi connectivity index (χ2n) is 14.0. The number of hydrogen-bond donors (Lipinski definition) is 0. The summed E-state index contributed by atoms with van der Waals surface area (Å²) in [7, 11) is 0. The van der Waals surface area contributed by atoms with E-state index in [-0.39, 0.29) is 5.69 Å². The quantitative estimate of drug-likeness (QED) is 0.177. The summed E-state index contributed by atoms with van der Waals surface area (Å²) in [5.74, 6) is 0.